The molecule has 2 bridgehead atoms. The van der Waals surface area contributed by atoms with E-state index in [4.69, 9.17) is 24.2 Å². The number of fused-ring (bicyclic) bond motifs is 3. The first kappa shape index (κ1) is 28.6. The molecule has 2 aliphatic rings. The number of ether oxygens (including phenoxy) is 4. The number of benzene rings is 3. The average molecular weight is 567 g/mol. The summed E-state index contributed by atoms with van der Waals surface area (Å²) >= 11 is 0. The van der Waals surface area contributed by atoms with Gasteiger partial charge in [-0.05, 0) is 59.7 Å². The number of nitriles is 1. The number of aliphatic hydroxyl groups excluding tert-OH is 1. The van der Waals surface area contributed by atoms with Crippen LogP contribution >= 0.6 is 0 Å². The molecule has 214 valence electrons. The summed E-state index contributed by atoms with van der Waals surface area (Å²) in [7, 11) is 0. The van der Waals surface area contributed by atoms with Crippen LogP contribution in [-0.4, -0.2) is 35.0 Å². The molecule has 0 amide bonds. The van der Waals surface area contributed by atoms with E-state index in [1.807, 2.05) is 54.9 Å². The third kappa shape index (κ3) is 5.67. The zero-order valence-electron chi connectivity index (χ0n) is 22.7. The Morgan fingerprint density at radius 2 is 1.73 bits per heavy atom. The fraction of sp³-hybridized carbons (Fsp3) is 0.323. The first-order valence-electron chi connectivity index (χ1n) is 13.3. The van der Waals surface area contributed by atoms with Crippen LogP contribution in [0.1, 0.15) is 49.1 Å². The molecule has 1 aromatic heterocycles. The number of rotatable bonds is 3. The zero-order chi connectivity index (χ0) is 29.4. The van der Waals surface area contributed by atoms with E-state index in [0.717, 1.165) is 39.8 Å². The molecule has 3 unspecified atom stereocenters. The van der Waals surface area contributed by atoms with Crippen molar-refractivity contribution in [3.8, 4) is 23.3 Å². The Bertz CT molecular complexity index is 1590. The number of halogens is 3. The Balaban J connectivity index is 0.00000165. The summed E-state index contributed by atoms with van der Waals surface area (Å²) in [4.78, 5) is 0. The van der Waals surface area contributed by atoms with E-state index in [-0.39, 0.29) is 18.5 Å². The molecule has 3 heterocycles. The van der Waals surface area contributed by atoms with Gasteiger partial charge in [-0.15, -0.1) is 0 Å². The lowest BCUT2D eigenvalue weighted by atomic mass is 9.99. The molecule has 1 N–H and O–H groups in total. The van der Waals surface area contributed by atoms with Crippen molar-refractivity contribution >= 4 is 10.9 Å². The molecule has 41 heavy (non-hydrogen) atoms. The fourth-order valence-corrected chi connectivity index (χ4v) is 5.11. The van der Waals surface area contributed by atoms with Gasteiger partial charge in [0.2, 0.25) is 0 Å². The van der Waals surface area contributed by atoms with Gasteiger partial charge in [-0.2, -0.15) is 18.4 Å². The molecule has 0 radical (unpaired) electrons. The van der Waals surface area contributed by atoms with Gasteiger partial charge in [0.25, 0.3) is 5.97 Å². The quantitative estimate of drug-likeness (QED) is 0.287. The second kappa shape index (κ2) is 11.2. The molecule has 7 nitrogen and oxygen atoms in total. The Hall–Kier alpha value is -3.88. The maximum Gasteiger partial charge on any atom is 0.417 e. The molecular formula is C31H29F3N2O5. The molecular weight excluding hydrogens is 537 g/mol. The van der Waals surface area contributed by atoms with Gasteiger partial charge in [0.15, 0.2) is 0 Å². The second-order valence-electron chi connectivity index (χ2n) is 9.63. The molecule has 6 rings (SSSR count). The normalized spacial score (nSPS) is 22.0. The Labute approximate surface area is 235 Å². The van der Waals surface area contributed by atoms with Crippen molar-refractivity contribution in [3.63, 3.8) is 0 Å². The van der Waals surface area contributed by atoms with Crippen LogP contribution in [0.4, 0.5) is 13.2 Å². The number of nitrogens with zero attached hydrogens (tertiary/aromatic N) is 2. The topological polar surface area (TPSA) is 85.9 Å². The number of aliphatic hydroxyl groups is 1. The van der Waals surface area contributed by atoms with Gasteiger partial charge in [-0.25, -0.2) is 0 Å². The molecule has 2 aliphatic heterocycles. The predicted octanol–water partition coefficient (Wildman–Crippen LogP) is 7.03. The molecule has 10 heteroatoms. The highest BCUT2D eigenvalue weighted by Gasteiger charge is 2.41. The minimum absolute atomic E-state index is 0.0571. The van der Waals surface area contributed by atoms with Gasteiger partial charge in [-0.3, -0.25) is 0 Å². The van der Waals surface area contributed by atoms with Crippen LogP contribution in [0.2, 0.25) is 0 Å². The van der Waals surface area contributed by atoms with Gasteiger partial charge in [-0.1, -0.05) is 26.0 Å². The van der Waals surface area contributed by atoms with Crippen molar-refractivity contribution in [2.75, 3.05) is 13.2 Å². The van der Waals surface area contributed by atoms with Gasteiger partial charge in [0.1, 0.15) is 17.6 Å². The molecule has 1 saturated heterocycles. The summed E-state index contributed by atoms with van der Waals surface area (Å²) in [6.45, 7) is 6.07. The zero-order valence-corrected chi connectivity index (χ0v) is 22.7. The minimum Gasteiger partial charge on any atom is -0.457 e. The van der Waals surface area contributed by atoms with Crippen molar-refractivity contribution in [3.05, 3.63) is 89.1 Å². The molecule has 3 atom stereocenters. The van der Waals surface area contributed by atoms with Gasteiger partial charge >= 0.3 is 6.18 Å². The van der Waals surface area contributed by atoms with Crippen molar-refractivity contribution < 1.29 is 37.2 Å². The maximum absolute atomic E-state index is 13.1. The fourth-order valence-electron chi connectivity index (χ4n) is 5.11. The van der Waals surface area contributed by atoms with Gasteiger partial charge in [0.05, 0.1) is 42.0 Å². The molecule has 3 aromatic carbocycles. The molecule has 0 aliphatic carbocycles. The molecule has 0 spiro atoms. The minimum atomic E-state index is -4.62. The van der Waals surface area contributed by atoms with Crippen LogP contribution < -0.4 is 4.74 Å². The van der Waals surface area contributed by atoms with E-state index < -0.39 is 29.4 Å². The Morgan fingerprint density at radius 1 is 1.02 bits per heavy atom. The van der Waals surface area contributed by atoms with Crippen LogP contribution in [0.15, 0.2) is 66.9 Å². The van der Waals surface area contributed by atoms with Crippen molar-refractivity contribution in [2.24, 2.45) is 0 Å². The summed E-state index contributed by atoms with van der Waals surface area (Å²) in [6.07, 6.45) is -3.38. The highest BCUT2D eigenvalue weighted by atomic mass is 19.4. The van der Waals surface area contributed by atoms with Gasteiger partial charge in [0, 0.05) is 30.6 Å². The highest BCUT2D eigenvalue weighted by molar-refractivity contribution is 5.89. The van der Waals surface area contributed by atoms with E-state index in [1.54, 1.807) is 25.1 Å². The number of hydrogen-bond donors (Lipinski definition) is 1. The van der Waals surface area contributed by atoms with E-state index in [2.05, 4.69) is 0 Å². The summed E-state index contributed by atoms with van der Waals surface area (Å²) in [5.41, 5.74) is 2.10. The van der Waals surface area contributed by atoms with Gasteiger partial charge < -0.3 is 28.6 Å². The van der Waals surface area contributed by atoms with E-state index in [0.29, 0.717) is 18.8 Å². The Morgan fingerprint density at radius 3 is 2.44 bits per heavy atom. The van der Waals surface area contributed by atoms with E-state index in [1.165, 1.54) is 6.07 Å². The van der Waals surface area contributed by atoms with Crippen molar-refractivity contribution in [1.29, 1.82) is 5.26 Å². The van der Waals surface area contributed by atoms with Crippen LogP contribution in [0.5, 0.6) is 11.5 Å². The smallest absolute Gasteiger partial charge is 0.417 e. The van der Waals surface area contributed by atoms with Crippen molar-refractivity contribution in [2.45, 2.75) is 51.5 Å². The van der Waals surface area contributed by atoms with Crippen LogP contribution in [0, 0.1) is 11.3 Å². The number of alkyl halides is 3. The number of hydrogen-bond acceptors (Lipinski definition) is 6. The lowest BCUT2D eigenvalue weighted by Gasteiger charge is -2.26. The van der Waals surface area contributed by atoms with E-state index >= 15 is 0 Å². The monoisotopic (exact) mass is 566 g/mol. The number of aromatic nitrogens is 1. The molecule has 4 aromatic rings. The first-order valence-corrected chi connectivity index (χ1v) is 13.3. The summed E-state index contributed by atoms with van der Waals surface area (Å²) in [6, 6.07) is 17.6. The predicted molar refractivity (Wildman–Crippen MR) is 145 cm³/mol. The maximum atomic E-state index is 13.1. The summed E-state index contributed by atoms with van der Waals surface area (Å²) in [5, 5.41) is 20.8. The van der Waals surface area contributed by atoms with E-state index in [9.17, 15) is 18.3 Å². The Kier molecular flexibility index (Phi) is 7.81. The van der Waals surface area contributed by atoms with Crippen LogP contribution in [0.25, 0.3) is 16.6 Å². The SMILES string of the molecule is CC.CC12OCC(O)Cc3cn(-c4ccc(Oc5ccc(C(F)(F)F)c(C#N)c5)cc4)c4cccc(c34)C(CO1)O2. The molecule has 1 fully saturated rings. The standard InChI is InChI=1S/C29H23F3N2O5.C2H6/c1-28-36-15-20(35)11-18-14-34(25-4-2-3-23(27(18)25)26(39-28)16-37-28)19-5-7-21(8-6-19)38-22-9-10-24(29(30,31)32)17(12-22)13-33;1-2/h2-10,12,14,20,26,35H,11,15-16H2,1H3;1-2H3. The summed E-state index contributed by atoms with van der Waals surface area (Å²) in [5.74, 6) is -0.697. The van der Waals surface area contributed by atoms with Crippen LogP contribution in [-0.2, 0) is 26.8 Å². The lowest BCUT2D eigenvalue weighted by molar-refractivity contribution is -0.331. The third-order valence-electron chi connectivity index (χ3n) is 6.90. The molecule has 0 saturated carbocycles. The van der Waals surface area contributed by atoms with Crippen LogP contribution in [0.3, 0.4) is 0 Å². The van der Waals surface area contributed by atoms with Crippen molar-refractivity contribution in [1.82, 2.24) is 4.57 Å². The second-order valence-corrected chi connectivity index (χ2v) is 9.63. The first-order chi connectivity index (χ1) is 19.6. The summed E-state index contributed by atoms with van der Waals surface area (Å²) < 4.78 is 64.6. The third-order valence-corrected chi connectivity index (χ3v) is 6.90. The largest absolute Gasteiger partial charge is 0.457 e. The average Bonchev–Trinajstić information content (AvgIpc) is 3.53. The highest BCUT2D eigenvalue weighted by Crippen LogP contribution is 2.41. The lowest BCUT2D eigenvalue weighted by Crippen LogP contribution is -2.34.